The molecule has 0 saturated carbocycles. The van der Waals surface area contributed by atoms with Gasteiger partial charge in [-0.2, -0.15) is 0 Å². The van der Waals surface area contributed by atoms with Gasteiger partial charge in [0.1, 0.15) is 5.82 Å². The first-order chi connectivity index (χ1) is 10.2. The Balaban J connectivity index is 2.09. The van der Waals surface area contributed by atoms with Gasteiger partial charge in [0.05, 0.1) is 18.9 Å². The molecule has 0 atom stereocenters. The van der Waals surface area contributed by atoms with E-state index >= 15 is 0 Å². The predicted octanol–water partition coefficient (Wildman–Crippen LogP) is 3.26. The van der Waals surface area contributed by atoms with E-state index < -0.39 is 0 Å². The molecule has 0 fully saturated rings. The van der Waals surface area contributed by atoms with E-state index in [0.29, 0.717) is 6.61 Å². The fourth-order valence-corrected chi connectivity index (χ4v) is 2.56. The second-order valence-corrected chi connectivity index (χ2v) is 5.45. The molecular weight excluding hydrogens is 262 g/mol. The fraction of sp³-hybridized carbons (Fsp3) is 0.412. The van der Waals surface area contributed by atoms with Gasteiger partial charge in [0.15, 0.2) is 5.82 Å². The number of nitrogens with zero attached hydrogens (tertiary/aromatic N) is 2. The van der Waals surface area contributed by atoms with Crippen molar-refractivity contribution in [3.63, 3.8) is 0 Å². The van der Waals surface area contributed by atoms with Gasteiger partial charge in [-0.05, 0) is 38.0 Å². The van der Waals surface area contributed by atoms with E-state index in [0.717, 1.165) is 48.0 Å². The average molecular weight is 283 g/mol. The minimum Gasteiger partial charge on any atom is -0.376 e. The molecule has 2 heterocycles. The normalized spacial score (nSPS) is 13.9. The van der Waals surface area contributed by atoms with Crippen LogP contribution in [0.5, 0.6) is 0 Å². The summed E-state index contributed by atoms with van der Waals surface area (Å²) in [6.07, 6.45) is 0.855. The molecule has 110 valence electrons. The van der Waals surface area contributed by atoms with Gasteiger partial charge in [0, 0.05) is 24.1 Å². The Hall–Kier alpha value is -1.94. The summed E-state index contributed by atoms with van der Waals surface area (Å²) in [5.74, 6) is 1.71. The Bertz CT molecular complexity index is 667. The van der Waals surface area contributed by atoms with Crippen LogP contribution in [0.2, 0.25) is 0 Å². The molecular formula is C17H21N3O. The van der Waals surface area contributed by atoms with Crippen molar-refractivity contribution in [3.05, 3.63) is 40.6 Å². The lowest BCUT2D eigenvalue weighted by Gasteiger charge is -2.20. The van der Waals surface area contributed by atoms with Gasteiger partial charge in [-0.25, -0.2) is 9.97 Å². The predicted molar refractivity (Wildman–Crippen MR) is 84.5 cm³/mol. The molecule has 21 heavy (non-hydrogen) atoms. The lowest BCUT2D eigenvalue weighted by atomic mass is 10.0. The second kappa shape index (κ2) is 5.82. The molecule has 0 aliphatic carbocycles. The van der Waals surface area contributed by atoms with Crippen LogP contribution >= 0.6 is 0 Å². The van der Waals surface area contributed by atoms with Crippen molar-refractivity contribution in [2.24, 2.45) is 0 Å². The van der Waals surface area contributed by atoms with Crippen LogP contribution in [0.15, 0.2) is 18.2 Å². The van der Waals surface area contributed by atoms with E-state index in [1.54, 1.807) is 0 Å². The Labute approximate surface area is 125 Å². The molecule has 0 saturated heterocycles. The largest absolute Gasteiger partial charge is 0.376 e. The maximum atomic E-state index is 5.54. The first-order valence-electron chi connectivity index (χ1n) is 7.48. The Morgan fingerprint density at radius 1 is 1.19 bits per heavy atom. The summed E-state index contributed by atoms with van der Waals surface area (Å²) in [4.78, 5) is 9.48. The number of anilines is 1. The number of hydrogen-bond donors (Lipinski definition) is 1. The number of nitrogens with one attached hydrogen (secondary N) is 1. The molecule has 1 aromatic carbocycles. The maximum Gasteiger partial charge on any atom is 0.161 e. The van der Waals surface area contributed by atoms with Gasteiger partial charge < -0.3 is 10.1 Å². The SMILES string of the molecule is CCNc1nc(-c2ccc(C)c(C)c2)nc2c1COCC2. The van der Waals surface area contributed by atoms with Crippen molar-refractivity contribution in [3.8, 4) is 11.4 Å². The monoisotopic (exact) mass is 283 g/mol. The Kier molecular flexibility index (Phi) is 3.88. The highest BCUT2D eigenvalue weighted by atomic mass is 16.5. The third-order valence-electron chi connectivity index (χ3n) is 3.93. The quantitative estimate of drug-likeness (QED) is 0.939. The molecule has 4 heteroatoms. The van der Waals surface area contributed by atoms with Gasteiger partial charge in [-0.1, -0.05) is 12.1 Å². The third-order valence-corrected chi connectivity index (χ3v) is 3.93. The van der Waals surface area contributed by atoms with Gasteiger partial charge in [-0.15, -0.1) is 0 Å². The van der Waals surface area contributed by atoms with Crippen molar-refractivity contribution in [2.45, 2.75) is 33.8 Å². The number of ether oxygens (including phenoxy) is 1. The zero-order valence-corrected chi connectivity index (χ0v) is 12.9. The van der Waals surface area contributed by atoms with Crippen molar-refractivity contribution < 1.29 is 4.74 Å². The molecule has 0 spiro atoms. The van der Waals surface area contributed by atoms with Crippen molar-refractivity contribution in [2.75, 3.05) is 18.5 Å². The highest BCUT2D eigenvalue weighted by Crippen LogP contribution is 2.27. The standard InChI is InChI=1S/C17H21N3O/c1-4-18-17-14-10-21-8-7-15(14)19-16(20-17)13-6-5-11(2)12(3)9-13/h5-6,9H,4,7-8,10H2,1-3H3,(H,18,19,20). The summed E-state index contributed by atoms with van der Waals surface area (Å²) in [6, 6.07) is 6.38. The third kappa shape index (κ3) is 2.76. The number of aryl methyl sites for hydroxylation is 2. The smallest absolute Gasteiger partial charge is 0.161 e. The Morgan fingerprint density at radius 3 is 2.81 bits per heavy atom. The van der Waals surface area contributed by atoms with E-state index in [-0.39, 0.29) is 0 Å². The minimum absolute atomic E-state index is 0.602. The molecule has 1 aromatic heterocycles. The van der Waals surface area contributed by atoms with E-state index in [2.05, 4.69) is 44.3 Å². The summed E-state index contributed by atoms with van der Waals surface area (Å²) in [7, 11) is 0. The van der Waals surface area contributed by atoms with Crippen LogP contribution < -0.4 is 5.32 Å². The van der Waals surface area contributed by atoms with Crippen LogP contribution in [-0.4, -0.2) is 23.1 Å². The number of fused-ring (bicyclic) bond motifs is 1. The molecule has 0 radical (unpaired) electrons. The number of hydrogen-bond acceptors (Lipinski definition) is 4. The molecule has 4 nitrogen and oxygen atoms in total. The molecule has 0 bridgehead atoms. The molecule has 1 N–H and O–H groups in total. The zero-order valence-electron chi connectivity index (χ0n) is 12.9. The summed E-state index contributed by atoms with van der Waals surface area (Å²) in [5.41, 5.74) is 5.85. The van der Waals surface area contributed by atoms with Crippen molar-refractivity contribution >= 4 is 5.82 Å². The maximum absolute atomic E-state index is 5.54. The average Bonchev–Trinajstić information content (AvgIpc) is 2.50. The van der Waals surface area contributed by atoms with Crippen LogP contribution in [0, 0.1) is 13.8 Å². The van der Waals surface area contributed by atoms with Crippen LogP contribution in [0.3, 0.4) is 0 Å². The van der Waals surface area contributed by atoms with Crippen LogP contribution in [0.4, 0.5) is 5.82 Å². The zero-order chi connectivity index (χ0) is 14.8. The highest BCUT2D eigenvalue weighted by Gasteiger charge is 2.18. The van der Waals surface area contributed by atoms with Crippen molar-refractivity contribution in [1.82, 2.24) is 9.97 Å². The van der Waals surface area contributed by atoms with Gasteiger partial charge in [0.25, 0.3) is 0 Å². The molecule has 0 amide bonds. The van der Waals surface area contributed by atoms with E-state index in [1.165, 1.54) is 11.1 Å². The second-order valence-electron chi connectivity index (χ2n) is 5.45. The first kappa shape index (κ1) is 14.0. The molecule has 1 aliphatic rings. The topological polar surface area (TPSA) is 47.0 Å². The van der Waals surface area contributed by atoms with Crippen LogP contribution in [0.25, 0.3) is 11.4 Å². The Morgan fingerprint density at radius 2 is 2.05 bits per heavy atom. The molecule has 2 aromatic rings. The summed E-state index contributed by atoms with van der Waals surface area (Å²) >= 11 is 0. The van der Waals surface area contributed by atoms with Crippen LogP contribution in [0.1, 0.15) is 29.3 Å². The van der Waals surface area contributed by atoms with Gasteiger partial charge >= 0.3 is 0 Å². The van der Waals surface area contributed by atoms with Gasteiger partial charge in [0.2, 0.25) is 0 Å². The lowest BCUT2D eigenvalue weighted by Crippen LogP contribution is -2.17. The molecule has 0 unspecified atom stereocenters. The first-order valence-corrected chi connectivity index (χ1v) is 7.48. The summed E-state index contributed by atoms with van der Waals surface area (Å²) in [5, 5.41) is 3.34. The number of rotatable bonds is 3. The van der Waals surface area contributed by atoms with Gasteiger partial charge in [-0.3, -0.25) is 0 Å². The van der Waals surface area contributed by atoms with Crippen LogP contribution in [-0.2, 0) is 17.8 Å². The molecule has 3 rings (SSSR count). The van der Waals surface area contributed by atoms with Crippen molar-refractivity contribution in [1.29, 1.82) is 0 Å². The number of benzene rings is 1. The minimum atomic E-state index is 0.602. The lowest BCUT2D eigenvalue weighted by molar-refractivity contribution is 0.109. The molecule has 1 aliphatic heterocycles. The van der Waals surface area contributed by atoms with E-state index in [9.17, 15) is 0 Å². The fourth-order valence-electron chi connectivity index (χ4n) is 2.56. The number of aromatic nitrogens is 2. The summed E-state index contributed by atoms with van der Waals surface area (Å²) in [6.45, 7) is 8.50. The van der Waals surface area contributed by atoms with E-state index in [4.69, 9.17) is 14.7 Å². The van der Waals surface area contributed by atoms with E-state index in [1.807, 2.05) is 0 Å². The highest BCUT2D eigenvalue weighted by molar-refractivity contribution is 5.61. The summed E-state index contributed by atoms with van der Waals surface area (Å²) < 4.78 is 5.54.